The summed E-state index contributed by atoms with van der Waals surface area (Å²) in [6.07, 6.45) is 3.96. The van der Waals surface area contributed by atoms with Gasteiger partial charge in [-0.25, -0.2) is 18.7 Å². The number of hydrogen-bond acceptors (Lipinski definition) is 6. The van der Waals surface area contributed by atoms with Gasteiger partial charge in [-0.1, -0.05) is 10.7 Å². The third-order valence-electron chi connectivity index (χ3n) is 4.73. The molecule has 7 nitrogen and oxygen atoms in total. The van der Waals surface area contributed by atoms with Gasteiger partial charge in [-0.3, -0.25) is 4.79 Å². The molecular formula is C21H22FN5O2S. The van der Waals surface area contributed by atoms with Crippen LogP contribution in [0.15, 0.2) is 41.0 Å². The summed E-state index contributed by atoms with van der Waals surface area (Å²) in [6, 6.07) is 8.03. The summed E-state index contributed by atoms with van der Waals surface area (Å²) in [5.41, 5.74) is 8.30. The Bertz CT molecular complexity index is 1140. The third-order valence-corrected chi connectivity index (χ3v) is 6.72. The Hall–Kier alpha value is -3.07. The molecule has 1 aliphatic rings. The van der Waals surface area contributed by atoms with Gasteiger partial charge >= 0.3 is 0 Å². The Labute approximate surface area is 176 Å². The van der Waals surface area contributed by atoms with Crippen LogP contribution in [0.25, 0.3) is 10.9 Å². The van der Waals surface area contributed by atoms with E-state index in [4.69, 9.17) is 14.8 Å². The molecule has 0 bridgehead atoms. The summed E-state index contributed by atoms with van der Waals surface area (Å²) in [7, 11) is 0.0982. The van der Waals surface area contributed by atoms with Crippen molar-refractivity contribution >= 4 is 44.7 Å². The first-order valence-corrected chi connectivity index (χ1v) is 11.1. The summed E-state index contributed by atoms with van der Waals surface area (Å²) in [6.45, 7) is 1.64. The van der Waals surface area contributed by atoms with E-state index in [1.165, 1.54) is 37.4 Å². The molecule has 1 saturated heterocycles. The topological polar surface area (TPSA) is 102 Å². The van der Waals surface area contributed by atoms with E-state index in [-0.39, 0.29) is 23.0 Å². The molecule has 0 unspecified atom stereocenters. The summed E-state index contributed by atoms with van der Waals surface area (Å²) >= 11 is 0. The van der Waals surface area contributed by atoms with Gasteiger partial charge < -0.3 is 15.8 Å². The smallest absolute Gasteiger partial charge is 0.255 e. The molecule has 0 spiro atoms. The average molecular weight is 428 g/mol. The van der Waals surface area contributed by atoms with Crippen LogP contribution in [0.2, 0.25) is 0 Å². The van der Waals surface area contributed by atoms with E-state index in [2.05, 4.69) is 15.3 Å². The lowest BCUT2D eigenvalue weighted by atomic mass is 10.1. The second-order valence-corrected chi connectivity index (χ2v) is 8.99. The minimum absolute atomic E-state index is 0.0982. The van der Waals surface area contributed by atoms with Crippen LogP contribution in [0.3, 0.4) is 0 Å². The minimum atomic E-state index is -0.646. The number of primary amides is 1. The molecule has 0 aliphatic carbocycles. The number of anilines is 2. The maximum atomic E-state index is 13.7. The number of benzene rings is 2. The van der Waals surface area contributed by atoms with Gasteiger partial charge in [-0.05, 0) is 49.6 Å². The SMILES string of the molecule is Cc1cc(N=S2CCCC2)cc2ncnc(Nc3ccc(F)cc3OCC(N)=O)c12. The maximum absolute atomic E-state index is 13.7. The highest BCUT2D eigenvalue weighted by atomic mass is 32.2. The maximum Gasteiger partial charge on any atom is 0.255 e. The molecule has 156 valence electrons. The lowest BCUT2D eigenvalue weighted by Gasteiger charge is -2.14. The standard InChI is InChI=1S/C21H22FN5O2S/c1-13-8-15(27-30-6-2-3-7-30)10-17-20(13)21(25-12-24-17)26-16-5-4-14(22)9-18(16)29-11-19(23)28/h4-5,8-10,12H,2-3,6-7,11H2,1H3,(H2,23,28)(H,24,25,26). The first kappa shape index (κ1) is 20.2. The fourth-order valence-corrected chi connectivity index (χ4v) is 5.26. The van der Waals surface area contributed by atoms with Gasteiger partial charge in [0.25, 0.3) is 5.91 Å². The summed E-state index contributed by atoms with van der Waals surface area (Å²) < 4.78 is 23.9. The molecule has 1 fully saturated rings. The van der Waals surface area contributed by atoms with Crippen molar-refractivity contribution in [2.45, 2.75) is 19.8 Å². The predicted octanol–water partition coefficient (Wildman–Crippen LogP) is 3.91. The molecule has 2 heterocycles. The van der Waals surface area contributed by atoms with Crippen molar-refractivity contribution in [1.29, 1.82) is 0 Å². The number of nitrogens with two attached hydrogens (primary N) is 1. The Balaban J connectivity index is 1.70. The largest absolute Gasteiger partial charge is 0.481 e. The molecular weight excluding hydrogens is 405 g/mol. The molecule has 1 aromatic heterocycles. The number of carbonyl (C=O) groups excluding carboxylic acids is 1. The second kappa shape index (κ2) is 8.74. The number of hydrogen-bond donors (Lipinski definition) is 2. The van der Waals surface area contributed by atoms with E-state index in [1.807, 2.05) is 19.1 Å². The molecule has 4 rings (SSSR count). The van der Waals surface area contributed by atoms with Crippen molar-refractivity contribution in [3.63, 3.8) is 0 Å². The zero-order valence-electron chi connectivity index (χ0n) is 16.5. The summed E-state index contributed by atoms with van der Waals surface area (Å²) in [4.78, 5) is 19.8. The van der Waals surface area contributed by atoms with Crippen molar-refractivity contribution in [3.8, 4) is 5.75 Å². The van der Waals surface area contributed by atoms with Gasteiger partial charge in [0.05, 0.1) is 16.9 Å². The van der Waals surface area contributed by atoms with Crippen LogP contribution in [-0.2, 0) is 15.5 Å². The first-order chi connectivity index (χ1) is 14.5. The van der Waals surface area contributed by atoms with Gasteiger partial charge in [0.1, 0.15) is 23.7 Å². The molecule has 3 aromatic rings. The highest BCUT2D eigenvalue weighted by Gasteiger charge is 2.13. The van der Waals surface area contributed by atoms with Crippen LogP contribution in [0.4, 0.5) is 21.6 Å². The number of aryl methyl sites for hydroxylation is 1. The van der Waals surface area contributed by atoms with E-state index in [0.29, 0.717) is 11.5 Å². The number of nitrogens with zero attached hydrogens (tertiary/aromatic N) is 3. The highest BCUT2D eigenvalue weighted by molar-refractivity contribution is 7.87. The van der Waals surface area contributed by atoms with Gasteiger partial charge in [0, 0.05) is 23.0 Å². The number of aromatic nitrogens is 2. The molecule has 0 atom stereocenters. The highest BCUT2D eigenvalue weighted by Crippen LogP contribution is 2.33. The number of rotatable bonds is 6. The van der Waals surface area contributed by atoms with Crippen molar-refractivity contribution in [2.24, 2.45) is 10.1 Å². The van der Waals surface area contributed by atoms with Gasteiger partial charge in [-0.2, -0.15) is 0 Å². The van der Waals surface area contributed by atoms with Crippen LogP contribution in [0.5, 0.6) is 5.75 Å². The van der Waals surface area contributed by atoms with Crippen LogP contribution in [0.1, 0.15) is 18.4 Å². The summed E-state index contributed by atoms with van der Waals surface area (Å²) in [5.74, 6) is 1.92. The average Bonchev–Trinajstić information content (AvgIpc) is 3.21. The molecule has 1 amide bonds. The number of fused-ring (bicyclic) bond motifs is 1. The molecule has 1 aliphatic heterocycles. The normalized spacial score (nSPS) is 14.1. The Kier molecular flexibility index (Phi) is 5.89. The minimum Gasteiger partial charge on any atom is -0.481 e. The number of halogens is 1. The number of ether oxygens (including phenoxy) is 1. The number of carbonyl (C=O) groups is 1. The molecule has 30 heavy (non-hydrogen) atoms. The second-order valence-electron chi connectivity index (χ2n) is 7.07. The molecule has 3 N–H and O–H groups in total. The fourth-order valence-electron chi connectivity index (χ4n) is 3.40. The predicted molar refractivity (Wildman–Crippen MR) is 117 cm³/mol. The zero-order chi connectivity index (χ0) is 21.1. The fraction of sp³-hybridized carbons (Fsp3) is 0.286. The van der Waals surface area contributed by atoms with Gasteiger partial charge in [-0.15, -0.1) is 0 Å². The van der Waals surface area contributed by atoms with Crippen LogP contribution >= 0.6 is 0 Å². The van der Waals surface area contributed by atoms with E-state index >= 15 is 0 Å². The number of nitrogens with one attached hydrogen (secondary N) is 1. The van der Waals surface area contributed by atoms with Gasteiger partial charge in [0.15, 0.2) is 6.61 Å². The summed E-state index contributed by atoms with van der Waals surface area (Å²) in [5, 5.41) is 4.02. The van der Waals surface area contributed by atoms with Gasteiger partial charge in [0.2, 0.25) is 0 Å². The van der Waals surface area contributed by atoms with E-state index < -0.39 is 11.7 Å². The molecule has 9 heteroatoms. The van der Waals surface area contributed by atoms with Crippen LogP contribution in [-0.4, -0.2) is 34.0 Å². The van der Waals surface area contributed by atoms with Crippen molar-refractivity contribution < 1.29 is 13.9 Å². The lowest BCUT2D eigenvalue weighted by Crippen LogP contribution is -2.20. The molecule has 2 aromatic carbocycles. The first-order valence-electron chi connectivity index (χ1n) is 9.62. The van der Waals surface area contributed by atoms with E-state index in [0.717, 1.165) is 33.7 Å². The molecule has 0 saturated carbocycles. The molecule has 0 radical (unpaired) electrons. The Morgan fingerprint density at radius 3 is 2.83 bits per heavy atom. The monoisotopic (exact) mass is 427 g/mol. The third kappa shape index (κ3) is 4.56. The van der Waals surface area contributed by atoms with Crippen LogP contribution < -0.4 is 15.8 Å². The quantitative estimate of drug-likeness (QED) is 0.621. The van der Waals surface area contributed by atoms with Crippen molar-refractivity contribution in [1.82, 2.24) is 9.97 Å². The lowest BCUT2D eigenvalue weighted by molar-refractivity contribution is -0.119. The van der Waals surface area contributed by atoms with Crippen molar-refractivity contribution in [2.75, 3.05) is 23.4 Å². The van der Waals surface area contributed by atoms with Crippen molar-refractivity contribution in [3.05, 3.63) is 48.0 Å². The Morgan fingerprint density at radius 1 is 1.27 bits per heavy atom. The number of amides is 1. The van der Waals surface area contributed by atoms with Crippen LogP contribution in [0, 0.1) is 12.7 Å². The zero-order valence-corrected chi connectivity index (χ0v) is 17.3. The van der Waals surface area contributed by atoms with E-state index in [1.54, 1.807) is 0 Å². The Morgan fingerprint density at radius 2 is 2.07 bits per heavy atom. The van der Waals surface area contributed by atoms with E-state index in [9.17, 15) is 9.18 Å².